The molecule has 0 aliphatic carbocycles. The maximum absolute atomic E-state index is 10.6. The van der Waals surface area contributed by atoms with E-state index in [2.05, 4.69) is 51.4 Å². The Morgan fingerprint density at radius 2 is 1.06 bits per heavy atom. The van der Waals surface area contributed by atoms with Gasteiger partial charge in [0.2, 0.25) is 11.7 Å². The number of unbranched alkanes of at least 4 members (excludes halogenated alkanes) is 10. The van der Waals surface area contributed by atoms with E-state index in [-0.39, 0.29) is 17.9 Å². The zero-order valence-electron chi connectivity index (χ0n) is 40.9. The quantitative estimate of drug-likeness (QED) is 0.0357. The average Bonchev–Trinajstić information content (AvgIpc) is 3.75. The number of benzene rings is 1. The zero-order chi connectivity index (χ0) is 49.1. The van der Waals surface area contributed by atoms with Crippen molar-refractivity contribution in [3.8, 4) is 11.4 Å². The number of esters is 3. The van der Waals surface area contributed by atoms with Crippen LogP contribution in [0, 0.1) is 13.8 Å². The van der Waals surface area contributed by atoms with Crippen LogP contribution in [-0.2, 0) is 52.3 Å². The summed E-state index contributed by atoms with van der Waals surface area (Å²) in [6, 6.07) is 5.64. The molecule has 1 heterocycles. The summed E-state index contributed by atoms with van der Waals surface area (Å²) < 4.78 is 42.3. The minimum atomic E-state index is -0.594. The van der Waals surface area contributed by atoms with Crippen molar-refractivity contribution in [2.45, 2.75) is 137 Å². The lowest BCUT2D eigenvalue weighted by Gasteiger charge is -2.01. The Balaban J connectivity index is -0.000000342. The van der Waals surface area contributed by atoms with Gasteiger partial charge in [0, 0.05) is 77.2 Å². The Hall–Kier alpha value is -4.31. The number of carbonyl (C=O) groups excluding carboxylic acids is 4. The highest BCUT2D eigenvalue weighted by atomic mass is 35.5. The summed E-state index contributed by atoms with van der Waals surface area (Å²) in [6.07, 6.45) is 18.6. The van der Waals surface area contributed by atoms with E-state index in [4.69, 9.17) is 39.8 Å². The molecule has 16 heteroatoms. The molecule has 0 aliphatic rings. The number of aryl methyl sites for hydroxylation is 2. The molecule has 64 heavy (non-hydrogen) atoms. The predicted molar refractivity (Wildman–Crippen MR) is 253 cm³/mol. The van der Waals surface area contributed by atoms with Crippen molar-refractivity contribution in [1.82, 2.24) is 10.1 Å². The van der Waals surface area contributed by atoms with Crippen LogP contribution in [0.3, 0.4) is 0 Å². The lowest BCUT2D eigenvalue weighted by molar-refractivity contribution is -0.141. The van der Waals surface area contributed by atoms with Gasteiger partial charge >= 0.3 is 24.1 Å². The monoisotopic (exact) mass is 931 g/mol. The third-order valence-corrected chi connectivity index (χ3v) is 8.47. The Morgan fingerprint density at radius 3 is 1.48 bits per heavy atom. The molecule has 0 amide bonds. The first-order chi connectivity index (χ1) is 30.8. The number of hydrogen-bond donors (Lipinski definition) is 0. The first-order valence-corrected chi connectivity index (χ1v) is 22.6. The fourth-order valence-corrected chi connectivity index (χ4v) is 4.49. The van der Waals surface area contributed by atoms with E-state index in [1.54, 1.807) is 28.3 Å². The van der Waals surface area contributed by atoms with Crippen LogP contribution in [0.5, 0.6) is 0 Å². The minimum Gasteiger partial charge on any atom is -0.469 e. The van der Waals surface area contributed by atoms with Crippen molar-refractivity contribution < 1.29 is 61.6 Å². The summed E-state index contributed by atoms with van der Waals surface area (Å²) in [4.78, 5) is 45.9. The van der Waals surface area contributed by atoms with E-state index in [0.717, 1.165) is 106 Å². The zero-order valence-corrected chi connectivity index (χ0v) is 41.7. The van der Waals surface area contributed by atoms with Gasteiger partial charge in [-0.3, -0.25) is 4.79 Å². The summed E-state index contributed by atoms with van der Waals surface area (Å²) in [5, 5.41) is 4.57. The molecule has 15 nitrogen and oxygen atoms in total. The molecule has 370 valence electrons. The molecule has 2 aromatic rings. The molecule has 0 unspecified atom stereocenters. The maximum Gasteiger partial charge on any atom is 0.507 e. The fraction of sp³-hybridized carbons (Fsp3) is 0.667. The number of rotatable bonds is 27. The number of halogens is 1. The second kappa shape index (κ2) is 53.0. The van der Waals surface area contributed by atoms with Gasteiger partial charge in [-0.2, -0.15) is 4.98 Å². The SMILES string of the molecule is C=CC(=O)OCCCCCCOC.C=CC(=O)OCCCCOC.CCCCCC(=O)OC.CCCCCCOC.CCCCOC(=O)OC.Cc1nc(-c2ccc(Cl)c(C)c2)no1. The smallest absolute Gasteiger partial charge is 0.469 e. The molecular weight excluding hydrogens is 848 g/mol. The van der Waals surface area contributed by atoms with E-state index in [1.165, 1.54) is 46.0 Å². The number of nitrogens with zero attached hydrogens (tertiary/aromatic N) is 2. The molecular formula is C48H83ClN2O13. The Labute approximate surface area is 390 Å². The maximum atomic E-state index is 10.6. The van der Waals surface area contributed by atoms with Crippen LogP contribution < -0.4 is 0 Å². The van der Waals surface area contributed by atoms with Gasteiger partial charge in [-0.1, -0.05) is 95.6 Å². The molecule has 0 saturated heterocycles. The fourth-order valence-electron chi connectivity index (χ4n) is 4.37. The molecule has 0 bridgehead atoms. The second-order valence-electron chi connectivity index (χ2n) is 13.7. The van der Waals surface area contributed by atoms with Crippen molar-refractivity contribution in [3.63, 3.8) is 0 Å². The molecule has 1 aromatic carbocycles. The van der Waals surface area contributed by atoms with Crippen LogP contribution in [0.2, 0.25) is 5.02 Å². The van der Waals surface area contributed by atoms with E-state index in [9.17, 15) is 19.2 Å². The Kier molecular flexibility index (Phi) is 54.9. The van der Waals surface area contributed by atoms with Crippen LogP contribution in [0.4, 0.5) is 4.79 Å². The lowest BCUT2D eigenvalue weighted by atomic mass is 10.1. The van der Waals surface area contributed by atoms with Crippen molar-refractivity contribution in [3.05, 3.63) is 60.0 Å². The molecule has 0 N–H and O–H groups in total. The van der Waals surface area contributed by atoms with Gasteiger partial charge in [-0.15, -0.1) is 0 Å². The van der Waals surface area contributed by atoms with E-state index in [1.807, 2.05) is 32.0 Å². The topological polar surface area (TPSA) is 181 Å². The van der Waals surface area contributed by atoms with Gasteiger partial charge in [0.1, 0.15) is 0 Å². The van der Waals surface area contributed by atoms with Gasteiger partial charge in [-0.25, -0.2) is 14.4 Å². The first kappa shape index (κ1) is 66.3. The Bertz CT molecular complexity index is 1380. The second-order valence-corrected chi connectivity index (χ2v) is 14.1. The Morgan fingerprint density at radius 1 is 0.609 bits per heavy atom. The molecule has 0 spiro atoms. The van der Waals surface area contributed by atoms with Gasteiger partial charge in [0.25, 0.3) is 0 Å². The summed E-state index contributed by atoms with van der Waals surface area (Å²) in [5.74, 6) is 0.373. The average molecular weight is 932 g/mol. The summed E-state index contributed by atoms with van der Waals surface area (Å²) in [5.41, 5.74) is 1.93. The van der Waals surface area contributed by atoms with Crippen LogP contribution >= 0.6 is 11.6 Å². The summed E-state index contributed by atoms with van der Waals surface area (Å²) in [6.45, 7) is 20.5. The number of carbonyl (C=O) groups is 4. The largest absolute Gasteiger partial charge is 0.507 e. The number of ether oxygens (including phenoxy) is 8. The molecule has 2 rings (SSSR count). The number of methoxy groups -OCH3 is 5. The summed E-state index contributed by atoms with van der Waals surface area (Å²) in [7, 11) is 7.83. The molecule has 0 radical (unpaired) electrons. The highest BCUT2D eigenvalue weighted by Crippen LogP contribution is 2.22. The van der Waals surface area contributed by atoms with E-state index in [0.29, 0.717) is 44.6 Å². The van der Waals surface area contributed by atoms with E-state index < -0.39 is 6.16 Å². The highest BCUT2D eigenvalue weighted by Gasteiger charge is 2.06. The standard InChI is InChI=1S/C10H9ClN2O.C10H18O3.C8H14O3.C7H14O2.C7H16O.C6H12O3/c1-6-5-8(3-4-9(6)11)10-12-7(2)14-13-10;1-3-10(11)13-9-7-5-4-6-8-12-2;1-3-8(9)11-7-5-4-6-10-2;1-3-4-5-6-7(8)9-2;1-3-4-5-6-7-8-2;1-3-4-5-9-6(7)8-2/h3-5H,1-2H3;3H,1,4-9H2,2H3;3H,1,4-7H2,2H3;3-6H2,1-2H3;3-7H2,1-2H3;3-5H2,1-2H3. The van der Waals surface area contributed by atoms with Crippen LogP contribution in [0.1, 0.15) is 135 Å². The van der Waals surface area contributed by atoms with Crippen LogP contribution in [-0.4, -0.2) is 109 Å². The third kappa shape index (κ3) is 50.3. The van der Waals surface area contributed by atoms with Gasteiger partial charge < -0.3 is 42.4 Å². The van der Waals surface area contributed by atoms with Gasteiger partial charge in [0.05, 0.1) is 34.0 Å². The third-order valence-electron chi connectivity index (χ3n) is 8.05. The van der Waals surface area contributed by atoms with Crippen molar-refractivity contribution in [2.24, 2.45) is 0 Å². The summed E-state index contributed by atoms with van der Waals surface area (Å²) >= 11 is 5.91. The number of hydrogen-bond acceptors (Lipinski definition) is 15. The lowest BCUT2D eigenvalue weighted by Crippen LogP contribution is -2.04. The molecule has 0 saturated carbocycles. The molecule has 1 aromatic heterocycles. The van der Waals surface area contributed by atoms with E-state index >= 15 is 0 Å². The van der Waals surface area contributed by atoms with Crippen LogP contribution in [0.15, 0.2) is 48.0 Å². The molecule has 0 fully saturated rings. The van der Waals surface area contributed by atoms with Gasteiger partial charge in [0.15, 0.2) is 0 Å². The molecule has 0 aliphatic heterocycles. The minimum absolute atomic E-state index is 0.0940. The number of aromatic nitrogens is 2. The predicted octanol–water partition coefficient (Wildman–Crippen LogP) is 11.6. The van der Waals surface area contributed by atoms with Crippen molar-refractivity contribution in [2.75, 3.05) is 75.2 Å². The normalized spacial score (nSPS) is 9.55. The van der Waals surface area contributed by atoms with Crippen molar-refractivity contribution in [1.29, 1.82) is 0 Å². The van der Waals surface area contributed by atoms with Crippen molar-refractivity contribution >= 4 is 35.7 Å². The first-order valence-electron chi connectivity index (χ1n) is 22.2. The van der Waals surface area contributed by atoms with Gasteiger partial charge in [-0.05, 0) is 82.1 Å². The van der Waals surface area contributed by atoms with Crippen LogP contribution in [0.25, 0.3) is 11.4 Å². The highest BCUT2D eigenvalue weighted by molar-refractivity contribution is 6.31. The molecule has 0 atom stereocenters.